The van der Waals surface area contributed by atoms with Crippen molar-refractivity contribution < 1.29 is 14.3 Å². The summed E-state index contributed by atoms with van der Waals surface area (Å²) in [4.78, 5) is 15.0. The molecule has 2 unspecified atom stereocenters. The largest absolute Gasteiger partial charge is 0.381 e. The number of nitrogens with zero attached hydrogens (tertiary/aromatic N) is 1. The van der Waals surface area contributed by atoms with Gasteiger partial charge >= 0.3 is 0 Å². The molecule has 3 rings (SSSR count). The molecule has 0 aliphatic carbocycles. The highest BCUT2D eigenvalue weighted by atomic mass is 16.5. The first-order chi connectivity index (χ1) is 12.6. The summed E-state index contributed by atoms with van der Waals surface area (Å²) in [5, 5.41) is 3.11. The Bertz CT molecular complexity index is 583. The first-order valence-corrected chi connectivity index (χ1v) is 9.64. The van der Waals surface area contributed by atoms with Gasteiger partial charge in [-0.15, -0.1) is 0 Å². The maximum absolute atomic E-state index is 12.6. The van der Waals surface area contributed by atoms with Crippen LogP contribution in [0.3, 0.4) is 0 Å². The third-order valence-electron chi connectivity index (χ3n) is 5.46. The Morgan fingerprint density at radius 3 is 2.62 bits per heavy atom. The van der Waals surface area contributed by atoms with Crippen LogP contribution < -0.4 is 11.1 Å². The van der Waals surface area contributed by atoms with E-state index < -0.39 is 6.04 Å². The summed E-state index contributed by atoms with van der Waals surface area (Å²) in [5.41, 5.74) is 8.67. The fourth-order valence-corrected chi connectivity index (χ4v) is 3.83. The van der Waals surface area contributed by atoms with Crippen LogP contribution in [0, 0.1) is 12.8 Å². The molecule has 6 heteroatoms. The first kappa shape index (κ1) is 19.3. The predicted molar refractivity (Wildman–Crippen MR) is 101 cm³/mol. The van der Waals surface area contributed by atoms with Crippen molar-refractivity contribution in [3.63, 3.8) is 0 Å². The van der Waals surface area contributed by atoms with Gasteiger partial charge in [0.15, 0.2) is 0 Å². The van der Waals surface area contributed by atoms with Crippen LogP contribution in [0.2, 0.25) is 0 Å². The molecule has 1 aromatic carbocycles. The van der Waals surface area contributed by atoms with E-state index in [0.717, 1.165) is 39.1 Å². The van der Waals surface area contributed by atoms with Crippen LogP contribution in [0.4, 0.5) is 0 Å². The van der Waals surface area contributed by atoms with Crippen LogP contribution in [0.1, 0.15) is 30.0 Å². The van der Waals surface area contributed by atoms with Crippen LogP contribution in [-0.2, 0) is 14.3 Å². The molecule has 2 aliphatic rings. The average Bonchev–Trinajstić information content (AvgIpc) is 2.69. The van der Waals surface area contributed by atoms with Crippen LogP contribution in [-0.4, -0.2) is 62.9 Å². The molecule has 3 N–H and O–H groups in total. The summed E-state index contributed by atoms with van der Waals surface area (Å²) in [6.45, 7) is 7.28. The average molecular weight is 361 g/mol. The van der Waals surface area contributed by atoms with Gasteiger partial charge in [0.25, 0.3) is 0 Å². The van der Waals surface area contributed by atoms with Gasteiger partial charge in [0, 0.05) is 32.8 Å². The Morgan fingerprint density at radius 2 is 1.92 bits per heavy atom. The van der Waals surface area contributed by atoms with Crippen molar-refractivity contribution in [1.29, 1.82) is 0 Å². The molecule has 6 nitrogen and oxygen atoms in total. The van der Waals surface area contributed by atoms with Crippen LogP contribution in [0.5, 0.6) is 0 Å². The van der Waals surface area contributed by atoms with Crippen LogP contribution in [0.15, 0.2) is 24.3 Å². The maximum atomic E-state index is 12.6. The lowest BCUT2D eigenvalue weighted by atomic mass is 9.91. The number of morpholine rings is 1. The molecule has 0 bridgehead atoms. The van der Waals surface area contributed by atoms with Gasteiger partial charge in [-0.1, -0.05) is 29.8 Å². The Balaban J connectivity index is 1.64. The Kier molecular flexibility index (Phi) is 7.02. The zero-order valence-electron chi connectivity index (χ0n) is 15.7. The lowest BCUT2D eigenvalue weighted by molar-refractivity contribution is -0.124. The minimum absolute atomic E-state index is 0.0530. The normalized spacial score (nSPS) is 21.9. The molecule has 2 saturated heterocycles. The van der Waals surface area contributed by atoms with Gasteiger partial charge in [0.2, 0.25) is 5.91 Å². The second kappa shape index (κ2) is 9.46. The third-order valence-corrected chi connectivity index (χ3v) is 5.46. The molecule has 0 aromatic heterocycles. The number of amides is 1. The van der Waals surface area contributed by atoms with E-state index >= 15 is 0 Å². The number of hydrogen-bond donors (Lipinski definition) is 2. The first-order valence-electron chi connectivity index (χ1n) is 9.64. The Morgan fingerprint density at radius 1 is 1.23 bits per heavy atom. The summed E-state index contributed by atoms with van der Waals surface area (Å²) in [6, 6.07) is 8.20. The van der Waals surface area contributed by atoms with E-state index in [9.17, 15) is 4.79 Å². The fraction of sp³-hybridized carbons (Fsp3) is 0.650. The predicted octanol–water partition coefficient (Wildman–Crippen LogP) is 1.24. The smallest absolute Gasteiger partial charge is 0.237 e. The molecular formula is C20H31N3O3. The van der Waals surface area contributed by atoms with E-state index in [1.165, 1.54) is 11.1 Å². The minimum atomic E-state index is -0.457. The number of hydrogen-bond acceptors (Lipinski definition) is 5. The maximum Gasteiger partial charge on any atom is 0.237 e. The number of ether oxygens (including phenoxy) is 2. The van der Waals surface area contributed by atoms with E-state index in [2.05, 4.69) is 41.4 Å². The van der Waals surface area contributed by atoms with Crippen molar-refractivity contribution in [2.45, 2.75) is 31.8 Å². The van der Waals surface area contributed by atoms with E-state index in [1.54, 1.807) is 0 Å². The second-order valence-corrected chi connectivity index (χ2v) is 7.30. The molecule has 144 valence electrons. The minimum Gasteiger partial charge on any atom is -0.381 e. The standard InChI is InChI=1S/C20H31N3O3/c1-15-3-2-4-17(13-15)18(23-7-11-26-12-8-23)14-22-20(24)19(21)16-5-9-25-10-6-16/h2-4,13,16,18-19H,5-12,14,21H2,1H3,(H,22,24). The van der Waals surface area contributed by atoms with E-state index in [0.29, 0.717) is 19.8 Å². The van der Waals surface area contributed by atoms with Crippen molar-refractivity contribution in [2.75, 3.05) is 46.1 Å². The number of aryl methyl sites for hydroxylation is 1. The van der Waals surface area contributed by atoms with Gasteiger partial charge in [-0.3, -0.25) is 9.69 Å². The van der Waals surface area contributed by atoms with Crippen molar-refractivity contribution in [3.05, 3.63) is 35.4 Å². The Labute approximate surface area is 156 Å². The molecule has 0 radical (unpaired) electrons. The monoisotopic (exact) mass is 361 g/mol. The molecule has 26 heavy (non-hydrogen) atoms. The highest BCUT2D eigenvalue weighted by molar-refractivity contribution is 5.81. The van der Waals surface area contributed by atoms with E-state index in [-0.39, 0.29) is 17.9 Å². The summed E-state index contributed by atoms with van der Waals surface area (Å²) in [7, 11) is 0. The zero-order chi connectivity index (χ0) is 18.4. The number of carbonyl (C=O) groups is 1. The highest BCUT2D eigenvalue weighted by Crippen LogP contribution is 2.23. The summed E-state index contributed by atoms with van der Waals surface area (Å²) >= 11 is 0. The lowest BCUT2D eigenvalue weighted by Crippen LogP contribution is -2.50. The van der Waals surface area contributed by atoms with Crippen LogP contribution in [0.25, 0.3) is 0 Å². The number of carbonyl (C=O) groups excluding carboxylic acids is 1. The van der Waals surface area contributed by atoms with Crippen molar-refractivity contribution in [3.8, 4) is 0 Å². The molecule has 2 heterocycles. The number of rotatable bonds is 6. The van der Waals surface area contributed by atoms with Crippen molar-refractivity contribution in [2.24, 2.45) is 11.7 Å². The van der Waals surface area contributed by atoms with Gasteiger partial charge in [-0.25, -0.2) is 0 Å². The van der Waals surface area contributed by atoms with Crippen LogP contribution >= 0.6 is 0 Å². The molecule has 0 spiro atoms. The van der Waals surface area contributed by atoms with E-state index in [4.69, 9.17) is 15.2 Å². The number of nitrogens with one attached hydrogen (secondary N) is 1. The van der Waals surface area contributed by atoms with Gasteiger partial charge < -0.3 is 20.5 Å². The molecule has 2 atom stereocenters. The Hall–Kier alpha value is -1.47. The van der Waals surface area contributed by atoms with Gasteiger partial charge in [-0.05, 0) is 31.2 Å². The number of benzene rings is 1. The molecule has 2 fully saturated rings. The summed E-state index contributed by atoms with van der Waals surface area (Å²) in [5.74, 6) is 0.160. The van der Waals surface area contributed by atoms with Gasteiger partial charge in [0.05, 0.1) is 25.3 Å². The molecule has 0 saturated carbocycles. The highest BCUT2D eigenvalue weighted by Gasteiger charge is 2.28. The van der Waals surface area contributed by atoms with Gasteiger partial charge in [0.1, 0.15) is 0 Å². The van der Waals surface area contributed by atoms with Gasteiger partial charge in [-0.2, -0.15) is 0 Å². The third kappa shape index (κ3) is 5.04. The van der Waals surface area contributed by atoms with E-state index in [1.807, 2.05) is 0 Å². The van der Waals surface area contributed by atoms with Crippen molar-refractivity contribution in [1.82, 2.24) is 10.2 Å². The number of nitrogens with two attached hydrogens (primary N) is 1. The quantitative estimate of drug-likeness (QED) is 0.797. The molecule has 1 amide bonds. The molecule has 2 aliphatic heterocycles. The topological polar surface area (TPSA) is 76.8 Å². The summed E-state index contributed by atoms with van der Waals surface area (Å²) < 4.78 is 10.9. The molecule has 1 aromatic rings. The molecular weight excluding hydrogens is 330 g/mol. The van der Waals surface area contributed by atoms with Crippen molar-refractivity contribution >= 4 is 5.91 Å². The zero-order valence-corrected chi connectivity index (χ0v) is 15.7. The summed E-state index contributed by atoms with van der Waals surface area (Å²) in [6.07, 6.45) is 1.72. The SMILES string of the molecule is Cc1cccc(C(CNC(=O)C(N)C2CCOCC2)N2CCOCC2)c1. The lowest BCUT2D eigenvalue weighted by Gasteiger charge is -2.35. The second-order valence-electron chi connectivity index (χ2n) is 7.30. The fourth-order valence-electron chi connectivity index (χ4n) is 3.83.